The first-order chi connectivity index (χ1) is 16.3. The lowest BCUT2D eigenvalue weighted by atomic mass is 9.98. The number of rotatable bonds is 3. The van der Waals surface area contributed by atoms with Crippen molar-refractivity contribution in [3.05, 3.63) is 115 Å². The van der Waals surface area contributed by atoms with Gasteiger partial charge in [0, 0.05) is 17.0 Å². The third kappa shape index (κ3) is 3.44. The summed E-state index contributed by atoms with van der Waals surface area (Å²) in [6.45, 7) is 0. The summed E-state index contributed by atoms with van der Waals surface area (Å²) in [5.74, 6) is 0. The van der Waals surface area contributed by atoms with Crippen LogP contribution in [-0.4, -0.2) is 4.98 Å². The number of benzene rings is 4. The third-order valence-electron chi connectivity index (χ3n) is 6.00. The molecule has 33 heavy (non-hydrogen) atoms. The summed E-state index contributed by atoms with van der Waals surface area (Å²) >= 11 is 0. The van der Waals surface area contributed by atoms with Gasteiger partial charge in [0.25, 0.3) is 0 Å². The Balaban J connectivity index is 1.41. The maximum Gasteiger partial charge on any atom is 0.141 e. The molecule has 154 valence electrons. The van der Waals surface area contributed by atoms with Gasteiger partial charge in [-0.2, -0.15) is 5.26 Å². The van der Waals surface area contributed by atoms with E-state index >= 15 is 0 Å². The molecule has 0 saturated heterocycles. The molecule has 0 aliphatic heterocycles. The smallest absolute Gasteiger partial charge is 0.141 e. The molecule has 3 nitrogen and oxygen atoms in total. The highest BCUT2D eigenvalue weighted by molar-refractivity contribution is 6.07. The van der Waals surface area contributed by atoms with E-state index in [-0.39, 0.29) is 0 Å². The molecule has 0 aliphatic carbocycles. The largest absolute Gasteiger partial charge is 0.456 e. The second-order valence-corrected chi connectivity index (χ2v) is 8.01. The normalized spacial score (nSPS) is 11.0. The first-order valence-electron chi connectivity index (χ1n) is 10.8. The number of fused-ring (bicyclic) bond motifs is 3. The van der Waals surface area contributed by atoms with E-state index in [1.54, 1.807) is 6.20 Å². The molecule has 0 saturated carbocycles. The number of nitriles is 1. The van der Waals surface area contributed by atoms with E-state index in [0.29, 0.717) is 5.69 Å². The molecular formula is C30H18N2O. The summed E-state index contributed by atoms with van der Waals surface area (Å²) in [4.78, 5) is 4.05. The average Bonchev–Trinajstić information content (AvgIpc) is 3.26. The van der Waals surface area contributed by atoms with Gasteiger partial charge in [-0.1, -0.05) is 66.7 Å². The molecule has 0 aliphatic rings. The molecule has 0 bridgehead atoms. The third-order valence-corrected chi connectivity index (χ3v) is 6.00. The fraction of sp³-hybridized carbons (Fsp3) is 0. The topological polar surface area (TPSA) is 49.8 Å². The van der Waals surface area contributed by atoms with E-state index in [1.165, 1.54) is 11.1 Å². The molecule has 0 fully saturated rings. The van der Waals surface area contributed by atoms with Gasteiger partial charge in [0.2, 0.25) is 0 Å². The van der Waals surface area contributed by atoms with Gasteiger partial charge < -0.3 is 4.42 Å². The van der Waals surface area contributed by atoms with Crippen molar-refractivity contribution in [2.75, 3.05) is 0 Å². The molecule has 2 aromatic heterocycles. The van der Waals surface area contributed by atoms with E-state index in [2.05, 4.69) is 89.9 Å². The highest BCUT2D eigenvalue weighted by atomic mass is 16.3. The van der Waals surface area contributed by atoms with Gasteiger partial charge in [-0.3, -0.25) is 0 Å². The van der Waals surface area contributed by atoms with E-state index in [1.807, 2.05) is 24.3 Å². The molecule has 6 aromatic rings. The van der Waals surface area contributed by atoms with Crippen molar-refractivity contribution in [3.63, 3.8) is 0 Å². The predicted molar refractivity (Wildman–Crippen MR) is 133 cm³/mol. The maximum absolute atomic E-state index is 9.11. The van der Waals surface area contributed by atoms with Crippen molar-refractivity contribution in [2.45, 2.75) is 0 Å². The van der Waals surface area contributed by atoms with Crippen LogP contribution in [0, 0.1) is 11.3 Å². The Labute approximate surface area is 191 Å². The Morgan fingerprint density at radius 2 is 1.06 bits per heavy atom. The molecule has 0 spiro atoms. The van der Waals surface area contributed by atoms with E-state index < -0.39 is 0 Å². The van der Waals surface area contributed by atoms with Crippen LogP contribution in [0.4, 0.5) is 0 Å². The van der Waals surface area contributed by atoms with Crippen LogP contribution in [0.5, 0.6) is 0 Å². The molecule has 3 heteroatoms. The van der Waals surface area contributed by atoms with Gasteiger partial charge in [0.1, 0.15) is 22.9 Å². The minimum Gasteiger partial charge on any atom is -0.456 e. The Kier molecular flexibility index (Phi) is 4.49. The molecule has 0 N–H and O–H groups in total. The fourth-order valence-electron chi connectivity index (χ4n) is 4.29. The lowest BCUT2D eigenvalue weighted by molar-refractivity contribution is 0.669. The maximum atomic E-state index is 9.11. The van der Waals surface area contributed by atoms with Crippen molar-refractivity contribution in [2.24, 2.45) is 0 Å². The van der Waals surface area contributed by atoms with Crippen LogP contribution >= 0.6 is 0 Å². The Morgan fingerprint density at radius 3 is 1.64 bits per heavy atom. The summed E-state index contributed by atoms with van der Waals surface area (Å²) in [6.07, 6.45) is 1.67. The van der Waals surface area contributed by atoms with Gasteiger partial charge >= 0.3 is 0 Å². The molecule has 0 unspecified atom stereocenters. The predicted octanol–water partition coefficient (Wildman–Crippen LogP) is 7.85. The molecular weight excluding hydrogens is 404 g/mol. The fourth-order valence-corrected chi connectivity index (χ4v) is 4.29. The number of aromatic nitrogens is 1. The lowest BCUT2D eigenvalue weighted by Crippen LogP contribution is -1.84. The second-order valence-electron chi connectivity index (χ2n) is 8.01. The Hall–Kier alpha value is -4.68. The zero-order chi connectivity index (χ0) is 22.2. The lowest BCUT2D eigenvalue weighted by Gasteiger charge is -2.06. The van der Waals surface area contributed by atoms with Crippen LogP contribution in [0.15, 0.2) is 114 Å². The highest BCUT2D eigenvalue weighted by Gasteiger charge is 2.10. The van der Waals surface area contributed by atoms with Gasteiger partial charge in [-0.25, -0.2) is 4.98 Å². The van der Waals surface area contributed by atoms with Gasteiger partial charge in [-0.15, -0.1) is 0 Å². The minimum atomic E-state index is 0.420. The molecule has 0 amide bonds. The van der Waals surface area contributed by atoms with Gasteiger partial charge in [-0.05, 0) is 69.8 Å². The zero-order valence-electron chi connectivity index (χ0n) is 17.7. The Bertz CT molecular complexity index is 1660. The van der Waals surface area contributed by atoms with Gasteiger partial charge in [0.05, 0.1) is 0 Å². The van der Waals surface area contributed by atoms with E-state index in [4.69, 9.17) is 9.68 Å². The monoisotopic (exact) mass is 422 g/mol. The van der Waals surface area contributed by atoms with Crippen LogP contribution < -0.4 is 0 Å². The summed E-state index contributed by atoms with van der Waals surface area (Å²) < 4.78 is 6.10. The van der Waals surface area contributed by atoms with Crippen LogP contribution in [-0.2, 0) is 0 Å². The van der Waals surface area contributed by atoms with Crippen LogP contribution in [0.2, 0.25) is 0 Å². The van der Waals surface area contributed by atoms with E-state index in [9.17, 15) is 0 Å². The SMILES string of the molecule is N#Cc1cc(-c2ccc(-c3ccc4oc5ccc(-c6ccccc6)cc5c4c3)cc2)ccn1. The molecule has 4 aromatic carbocycles. The summed E-state index contributed by atoms with van der Waals surface area (Å²) in [6, 6.07) is 37.3. The van der Waals surface area contributed by atoms with E-state index in [0.717, 1.165) is 44.2 Å². The van der Waals surface area contributed by atoms with Crippen molar-refractivity contribution >= 4 is 21.9 Å². The number of hydrogen-bond acceptors (Lipinski definition) is 3. The molecule has 2 heterocycles. The quantitative estimate of drug-likeness (QED) is 0.292. The standard InChI is InChI=1S/C30H18N2O/c31-19-26-16-25(14-15-32-26)22-8-6-21(7-9-22)24-11-13-30-28(18-24)27-17-23(10-12-29(27)33-30)20-4-2-1-3-5-20/h1-18H. The second kappa shape index (κ2) is 7.78. The Morgan fingerprint density at radius 1 is 0.545 bits per heavy atom. The molecule has 0 atom stereocenters. The summed E-state index contributed by atoms with van der Waals surface area (Å²) in [7, 11) is 0. The molecule has 6 rings (SSSR count). The minimum absolute atomic E-state index is 0.420. The van der Waals surface area contributed by atoms with Crippen LogP contribution in [0.3, 0.4) is 0 Å². The molecule has 0 radical (unpaired) electrons. The summed E-state index contributed by atoms with van der Waals surface area (Å²) in [5.41, 5.74) is 8.87. The zero-order valence-corrected chi connectivity index (χ0v) is 17.7. The number of furan rings is 1. The number of pyridine rings is 1. The highest BCUT2D eigenvalue weighted by Crippen LogP contribution is 2.35. The van der Waals surface area contributed by atoms with Crippen LogP contribution in [0.25, 0.3) is 55.3 Å². The van der Waals surface area contributed by atoms with Crippen molar-refractivity contribution in [3.8, 4) is 39.4 Å². The first-order valence-corrected chi connectivity index (χ1v) is 10.8. The van der Waals surface area contributed by atoms with Crippen molar-refractivity contribution in [1.29, 1.82) is 5.26 Å². The number of hydrogen-bond donors (Lipinski definition) is 0. The van der Waals surface area contributed by atoms with Crippen molar-refractivity contribution < 1.29 is 4.42 Å². The first kappa shape index (κ1) is 19.0. The summed E-state index contributed by atoms with van der Waals surface area (Å²) in [5, 5.41) is 11.3. The number of nitrogens with zero attached hydrogens (tertiary/aromatic N) is 2. The van der Waals surface area contributed by atoms with Crippen molar-refractivity contribution in [1.82, 2.24) is 4.98 Å². The van der Waals surface area contributed by atoms with Crippen LogP contribution in [0.1, 0.15) is 5.69 Å². The van der Waals surface area contributed by atoms with Gasteiger partial charge in [0.15, 0.2) is 0 Å². The average molecular weight is 422 g/mol.